The Labute approximate surface area is 122 Å². The van der Waals surface area contributed by atoms with E-state index in [1.54, 1.807) is 23.3 Å². The van der Waals surface area contributed by atoms with E-state index in [0.717, 1.165) is 0 Å². The minimum absolute atomic E-state index is 0.271. The number of hydrogen-bond donors (Lipinski definition) is 2. The fourth-order valence-corrected chi connectivity index (χ4v) is 2.51. The van der Waals surface area contributed by atoms with E-state index in [-0.39, 0.29) is 12.0 Å². The number of imidazole rings is 1. The van der Waals surface area contributed by atoms with Crippen molar-refractivity contribution in [1.29, 1.82) is 0 Å². The van der Waals surface area contributed by atoms with Gasteiger partial charge in [0, 0.05) is 12.4 Å². The second kappa shape index (κ2) is 6.49. The fourth-order valence-electron chi connectivity index (χ4n) is 2.51. The van der Waals surface area contributed by atoms with Gasteiger partial charge in [0.15, 0.2) is 0 Å². The van der Waals surface area contributed by atoms with Crippen molar-refractivity contribution in [3.63, 3.8) is 0 Å². The SMILES string of the molecule is NNc1nc(OCC2CCCCC2)nc(-n2ccnc2)n1. The van der Waals surface area contributed by atoms with Crippen LogP contribution < -0.4 is 16.0 Å². The van der Waals surface area contributed by atoms with Crippen molar-refractivity contribution in [2.24, 2.45) is 11.8 Å². The van der Waals surface area contributed by atoms with Crippen molar-refractivity contribution in [1.82, 2.24) is 24.5 Å². The summed E-state index contributed by atoms with van der Waals surface area (Å²) in [4.78, 5) is 16.6. The van der Waals surface area contributed by atoms with Crippen LogP contribution in [0.1, 0.15) is 32.1 Å². The Morgan fingerprint density at radius 2 is 2.10 bits per heavy atom. The Kier molecular flexibility index (Phi) is 4.25. The van der Waals surface area contributed by atoms with Crippen LogP contribution in [0.2, 0.25) is 0 Å². The molecule has 2 heterocycles. The first kappa shape index (κ1) is 13.7. The molecule has 3 rings (SSSR count). The maximum absolute atomic E-state index is 5.74. The van der Waals surface area contributed by atoms with Crippen LogP contribution in [0.25, 0.3) is 5.95 Å². The standard InChI is InChI=1S/C13H19N7O/c14-19-11-16-12(20-7-6-15-9-20)18-13(17-11)21-8-10-4-2-1-3-5-10/h6-7,9-10H,1-5,8,14H2,(H,16,17,18,19). The van der Waals surface area contributed by atoms with Gasteiger partial charge in [-0.25, -0.2) is 10.8 Å². The second-order valence-corrected chi connectivity index (χ2v) is 5.17. The smallest absolute Gasteiger partial charge is 0.323 e. The predicted molar refractivity (Wildman–Crippen MR) is 76.8 cm³/mol. The lowest BCUT2D eigenvalue weighted by molar-refractivity contribution is 0.196. The summed E-state index contributed by atoms with van der Waals surface area (Å²) in [5.74, 6) is 6.68. The Bertz CT molecular complexity index is 566. The minimum atomic E-state index is 0.271. The van der Waals surface area contributed by atoms with Crippen LogP contribution in [0.3, 0.4) is 0 Å². The Balaban J connectivity index is 1.73. The molecule has 2 aromatic heterocycles. The summed E-state index contributed by atoms with van der Waals surface area (Å²) < 4.78 is 7.41. The van der Waals surface area contributed by atoms with E-state index in [4.69, 9.17) is 10.6 Å². The number of nitrogens with one attached hydrogen (secondary N) is 1. The first-order valence-corrected chi connectivity index (χ1v) is 7.19. The zero-order chi connectivity index (χ0) is 14.5. The molecule has 1 aliphatic rings. The molecule has 112 valence electrons. The lowest BCUT2D eigenvalue weighted by Crippen LogP contribution is -2.18. The van der Waals surface area contributed by atoms with E-state index >= 15 is 0 Å². The third-order valence-corrected chi connectivity index (χ3v) is 3.64. The number of nitrogens with zero attached hydrogens (tertiary/aromatic N) is 5. The van der Waals surface area contributed by atoms with Gasteiger partial charge in [-0.05, 0) is 18.8 Å². The highest BCUT2D eigenvalue weighted by Gasteiger charge is 2.15. The molecular formula is C13H19N7O. The quantitative estimate of drug-likeness (QED) is 0.631. The molecule has 0 aromatic carbocycles. The number of hydrazine groups is 1. The van der Waals surface area contributed by atoms with Gasteiger partial charge in [0.2, 0.25) is 11.9 Å². The van der Waals surface area contributed by atoms with Crippen molar-refractivity contribution < 1.29 is 4.74 Å². The number of nitrogens with two attached hydrogens (primary N) is 1. The monoisotopic (exact) mass is 289 g/mol. The van der Waals surface area contributed by atoms with Crippen molar-refractivity contribution in [3.8, 4) is 12.0 Å². The summed E-state index contributed by atoms with van der Waals surface area (Å²) >= 11 is 0. The molecule has 0 saturated heterocycles. The zero-order valence-electron chi connectivity index (χ0n) is 11.8. The molecule has 0 atom stereocenters. The van der Waals surface area contributed by atoms with E-state index in [0.29, 0.717) is 18.5 Å². The van der Waals surface area contributed by atoms with Crippen molar-refractivity contribution >= 4 is 5.95 Å². The van der Waals surface area contributed by atoms with Crippen LogP contribution in [-0.2, 0) is 0 Å². The molecule has 0 unspecified atom stereocenters. The number of aromatic nitrogens is 5. The molecule has 1 aliphatic carbocycles. The van der Waals surface area contributed by atoms with Crippen LogP contribution in [0.5, 0.6) is 6.01 Å². The van der Waals surface area contributed by atoms with Gasteiger partial charge in [0.25, 0.3) is 0 Å². The third kappa shape index (κ3) is 3.46. The van der Waals surface area contributed by atoms with E-state index in [9.17, 15) is 0 Å². The summed E-state index contributed by atoms with van der Waals surface area (Å²) in [6, 6.07) is 0.284. The highest BCUT2D eigenvalue weighted by Crippen LogP contribution is 2.24. The first-order chi connectivity index (χ1) is 10.3. The minimum Gasteiger partial charge on any atom is -0.463 e. The van der Waals surface area contributed by atoms with Gasteiger partial charge in [-0.15, -0.1) is 0 Å². The normalized spacial score (nSPS) is 15.9. The molecule has 0 aliphatic heterocycles. The molecule has 0 amide bonds. The van der Waals surface area contributed by atoms with Crippen molar-refractivity contribution in [2.45, 2.75) is 32.1 Å². The van der Waals surface area contributed by atoms with Crippen LogP contribution in [0, 0.1) is 5.92 Å². The summed E-state index contributed by atoms with van der Waals surface area (Å²) in [6.45, 7) is 0.636. The number of anilines is 1. The summed E-state index contributed by atoms with van der Waals surface area (Å²) in [5, 5.41) is 0. The highest BCUT2D eigenvalue weighted by atomic mass is 16.5. The lowest BCUT2D eigenvalue weighted by atomic mass is 9.90. The molecule has 2 aromatic rings. The van der Waals surface area contributed by atoms with Gasteiger partial charge < -0.3 is 4.74 Å². The fraction of sp³-hybridized carbons (Fsp3) is 0.538. The van der Waals surface area contributed by atoms with Gasteiger partial charge >= 0.3 is 6.01 Å². The molecule has 0 spiro atoms. The average Bonchev–Trinajstić information content (AvgIpc) is 3.08. The average molecular weight is 289 g/mol. The van der Waals surface area contributed by atoms with E-state index in [2.05, 4.69) is 25.4 Å². The van der Waals surface area contributed by atoms with Crippen LogP contribution in [0.4, 0.5) is 5.95 Å². The predicted octanol–water partition coefficient (Wildman–Crippen LogP) is 1.30. The molecule has 1 fully saturated rings. The maximum atomic E-state index is 5.74. The maximum Gasteiger partial charge on any atom is 0.323 e. The Morgan fingerprint density at radius 1 is 1.24 bits per heavy atom. The molecule has 8 heteroatoms. The van der Waals surface area contributed by atoms with E-state index in [1.807, 2.05) is 0 Å². The van der Waals surface area contributed by atoms with Gasteiger partial charge in [-0.1, -0.05) is 19.3 Å². The highest BCUT2D eigenvalue weighted by molar-refractivity contribution is 5.28. The molecule has 8 nitrogen and oxygen atoms in total. The zero-order valence-corrected chi connectivity index (χ0v) is 11.8. The molecule has 3 N–H and O–H groups in total. The Hall–Kier alpha value is -2.22. The number of ether oxygens (including phenoxy) is 1. The van der Waals surface area contributed by atoms with Crippen molar-refractivity contribution in [3.05, 3.63) is 18.7 Å². The largest absolute Gasteiger partial charge is 0.463 e. The number of nitrogen functional groups attached to an aromatic ring is 1. The van der Waals surface area contributed by atoms with Crippen LogP contribution >= 0.6 is 0 Å². The number of hydrogen-bond acceptors (Lipinski definition) is 7. The van der Waals surface area contributed by atoms with E-state index < -0.39 is 0 Å². The topological polar surface area (TPSA) is 104 Å². The molecule has 21 heavy (non-hydrogen) atoms. The van der Waals surface area contributed by atoms with Crippen molar-refractivity contribution in [2.75, 3.05) is 12.0 Å². The lowest BCUT2D eigenvalue weighted by Gasteiger charge is -2.21. The number of rotatable bonds is 5. The van der Waals surface area contributed by atoms with Gasteiger partial charge in [-0.2, -0.15) is 15.0 Å². The summed E-state index contributed by atoms with van der Waals surface area (Å²) in [5.41, 5.74) is 2.43. The van der Waals surface area contributed by atoms with Gasteiger partial charge in [-0.3, -0.25) is 9.99 Å². The summed E-state index contributed by atoms with van der Waals surface area (Å²) in [6.07, 6.45) is 11.3. The van der Waals surface area contributed by atoms with Crippen LogP contribution in [-0.4, -0.2) is 31.1 Å². The second-order valence-electron chi connectivity index (χ2n) is 5.17. The van der Waals surface area contributed by atoms with Gasteiger partial charge in [0.1, 0.15) is 6.33 Å². The van der Waals surface area contributed by atoms with E-state index in [1.165, 1.54) is 32.1 Å². The first-order valence-electron chi connectivity index (χ1n) is 7.19. The Morgan fingerprint density at radius 3 is 2.81 bits per heavy atom. The van der Waals surface area contributed by atoms with Gasteiger partial charge in [0.05, 0.1) is 6.61 Å². The third-order valence-electron chi connectivity index (χ3n) is 3.64. The molecule has 0 radical (unpaired) electrons. The molecular weight excluding hydrogens is 270 g/mol. The molecule has 0 bridgehead atoms. The molecule has 1 saturated carbocycles. The summed E-state index contributed by atoms with van der Waals surface area (Å²) in [7, 11) is 0. The van der Waals surface area contributed by atoms with Crippen LogP contribution in [0.15, 0.2) is 18.7 Å².